The molecule has 0 saturated carbocycles. The number of carbonyl (C=O) groups is 2. The predicted molar refractivity (Wildman–Crippen MR) is 134 cm³/mol. The minimum atomic E-state index is -0.255. The van der Waals surface area contributed by atoms with Gasteiger partial charge in [-0.05, 0) is 41.5 Å². The van der Waals surface area contributed by atoms with Gasteiger partial charge in [0.25, 0.3) is 0 Å². The molecule has 0 radical (unpaired) electrons. The largest absolute Gasteiger partial charge is 0.362 e. The van der Waals surface area contributed by atoms with Gasteiger partial charge in [-0.1, -0.05) is 29.8 Å². The summed E-state index contributed by atoms with van der Waals surface area (Å²) in [6.07, 6.45) is 3.38. The Labute approximate surface area is 208 Å². The number of halogens is 1. The van der Waals surface area contributed by atoms with Crippen LogP contribution in [0.4, 0.5) is 0 Å². The first-order valence-electron chi connectivity index (χ1n) is 11.1. The van der Waals surface area contributed by atoms with Gasteiger partial charge < -0.3 is 15.0 Å². The van der Waals surface area contributed by atoms with Crippen molar-refractivity contribution in [3.05, 3.63) is 76.4 Å². The molecule has 1 saturated heterocycles. The number of hydrogen-bond acceptors (Lipinski definition) is 6. The lowest BCUT2D eigenvalue weighted by Crippen LogP contribution is -2.49. The maximum absolute atomic E-state index is 12.4. The van der Waals surface area contributed by atoms with E-state index in [4.69, 9.17) is 16.3 Å². The van der Waals surface area contributed by atoms with E-state index in [9.17, 15) is 9.59 Å². The maximum Gasteiger partial charge on any atom is 0.248 e. The van der Waals surface area contributed by atoms with E-state index in [2.05, 4.69) is 33.4 Å². The summed E-state index contributed by atoms with van der Waals surface area (Å²) >= 11 is 7.88. The molecular weight excluding hydrogens is 472 g/mol. The highest BCUT2D eigenvalue weighted by Crippen LogP contribution is 2.30. The van der Waals surface area contributed by atoms with E-state index < -0.39 is 0 Å². The number of amides is 2. The summed E-state index contributed by atoms with van der Waals surface area (Å²) in [4.78, 5) is 35.0. The molecule has 1 aliphatic heterocycles. The number of carbonyl (C=O) groups excluding carboxylic acids is 2. The topological polar surface area (TPSA) is 74.8 Å². The summed E-state index contributed by atoms with van der Waals surface area (Å²) in [7, 11) is 0. The SMILES string of the molecule is O=C(COCC(=O)N1CCN(Cc2ccc(-c3cccc(Cl)c3)s2)CC1)NCc1cccnc1. The Kier molecular flexibility index (Phi) is 8.65. The van der Waals surface area contributed by atoms with E-state index in [1.54, 1.807) is 28.6 Å². The number of aromatic nitrogens is 1. The third-order valence-corrected chi connectivity index (χ3v) is 6.90. The number of rotatable bonds is 9. The average molecular weight is 499 g/mol. The fourth-order valence-corrected chi connectivity index (χ4v) is 4.95. The van der Waals surface area contributed by atoms with Gasteiger partial charge in [0.1, 0.15) is 13.2 Å². The minimum absolute atomic E-state index is 0.0842. The van der Waals surface area contributed by atoms with E-state index >= 15 is 0 Å². The van der Waals surface area contributed by atoms with Crippen LogP contribution in [0.5, 0.6) is 0 Å². The number of piperazine rings is 1. The quantitative estimate of drug-likeness (QED) is 0.489. The van der Waals surface area contributed by atoms with Crippen LogP contribution in [0.2, 0.25) is 5.02 Å². The fourth-order valence-electron chi connectivity index (χ4n) is 3.71. The van der Waals surface area contributed by atoms with Crippen molar-refractivity contribution in [2.75, 3.05) is 39.4 Å². The molecule has 1 aliphatic rings. The Morgan fingerprint density at radius 1 is 1.06 bits per heavy atom. The van der Waals surface area contributed by atoms with Crippen molar-refractivity contribution >= 4 is 34.8 Å². The molecule has 0 spiro atoms. The van der Waals surface area contributed by atoms with Crippen molar-refractivity contribution in [1.29, 1.82) is 0 Å². The number of nitrogens with zero attached hydrogens (tertiary/aromatic N) is 3. The zero-order valence-corrected chi connectivity index (χ0v) is 20.4. The first-order valence-corrected chi connectivity index (χ1v) is 12.3. The molecule has 34 heavy (non-hydrogen) atoms. The van der Waals surface area contributed by atoms with E-state index in [0.29, 0.717) is 19.6 Å². The summed E-state index contributed by atoms with van der Waals surface area (Å²) in [6, 6.07) is 15.9. The van der Waals surface area contributed by atoms with Crippen molar-refractivity contribution in [3.8, 4) is 10.4 Å². The first kappa shape index (κ1) is 24.3. The van der Waals surface area contributed by atoms with Gasteiger partial charge in [-0.3, -0.25) is 19.5 Å². The monoisotopic (exact) mass is 498 g/mol. The normalized spacial score (nSPS) is 14.2. The predicted octanol–water partition coefficient (Wildman–Crippen LogP) is 3.44. The molecule has 7 nitrogen and oxygen atoms in total. The van der Waals surface area contributed by atoms with Crippen molar-refractivity contribution < 1.29 is 14.3 Å². The average Bonchev–Trinajstić information content (AvgIpc) is 3.32. The van der Waals surface area contributed by atoms with Crippen LogP contribution in [0.25, 0.3) is 10.4 Å². The van der Waals surface area contributed by atoms with Crippen LogP contribution >= 0.6 is 22.9 Å². The Hall–Kier alpha value is -2.78. The number of pyridine rings is 1. The molecule has 3 heterocycles. The molecule has 0 bridgehead atoms. The molecule has 178 valence electrons. The van der Waals surface area contributed by atoms with Crippen LogP contribution in [0.15, 0.2) is 60.9 Å². The second-order valence-corrected chi connectivity index (χ2v) is 9.67. The third kappa shape index (κ3) is 7.11. The minimum Gasteiger partial charge on any atom is -0.362 e. The van der Waals surface area contributed by atoms with Crippen LogP contribution in [0.3, 0.4) is 0 Å². The van der Waals surface area contributed by atoms with Crippen molar-refractivity contribution in [1.82, 2.24) is 20.1 Å². The summed E-state index contributed by atoms with van der Waals surface area (Å²) in [6.45, 7) is 3.94. The summed E-state index contributed by atoms with van der Waals surface area (Å²) in [5, 5.41) is 3.49. The van der Waals surface area contributed by atoms with Crippen LogP contribution < -0.4 is 5.32 Å². The lowest BCUT2D eigenvalue weighted by Gasteiger charge is -2.34. The van der Waals surface area contributed by atoms with Gasteiger partial charge in [0, 0.05) is 66.4 Å². The number of hydrogen-bond donors (Lipinski definition) is 1. The molecule has 3 aromatic rings. The van der Waals surface area contributed by atoms with Gasteiger partial charge in [0.05, 0.1) is 0 Å². The molecule has 2 aromatic heterocycles. The fraction of sp³-hybridized carbons (Fsp3) is 0.320. The van der Waals surface area contributed by atoms with Gasteiger partial charge >= 0.3 is 0 Å². The highest BCUT2D eigenvalue weighted by molar-refractivity contribution is 7.15. The van der Waals surface area contributed by atoms with Crippen LogP contribution in [0.1, 0.15) is 10.4 Å². The second kappa shape index (κ2) is 12.1. The highest BCUT2D eigenvalue weighted by atomic mass is 35.5. The van der Waals surface area contributed by atoms with E-state index in [1.807, 2.05) is 30.3 Å². The lowest BCUT2D eigenvalue weighted by molar-refractivity contribution is -0.139. The molecule has 1 aromatic carbocycles. The molecule has 1 fully saturated rings. The van der Waals surface area contributed by atoms with Crippen molar-refractivity contribution in [3.63, 3.8) is 0 Å². The number of ether oxygens (including phenoxy) is 1. The van der Waals surface area contributed by atoms with Gasteiger partial charge in [0.15, 0.2) is 0 Å². The van der Waals surface area contributed by atoms with Crippen molar-refractivity contribution in [2.24, 2.45) is 0 Å². The molecule has 9 heteroatoms. The lowest BCUT2D eigenvalue weighted by atomic mass is 10.2. The van der Waals surface area contributed by atoms with Crippen LogP contribution in [-0.2, 0) is 27.4 Å². The molecule has 0 aliphatic carbocycles. The standard InChI is InChI=1S/C25H27ClN4O3S/c26-21-5-1-4-20(13-21)23-7-6-22(34-23)16-29-9-11-30(12-10-29)25(32)18-33-17-24(31)28-15-19-3-2-8-27-14-19/h1-8,13-14H,9-12,15-18H2,(H,28,31). The molecule has 4 rings (SSSR count). The molecule has 0 unspecified atom stereocenters. The Morgan fingerprint density at radius 2 is 1.91 bits per heavy atom. The highest BCUT2D eigenvalue weighted by Gasteiger charge is 2.21. The van der Waals surface area contributed by atoms with E-state index in [1.165, 1.54) is 9.75 Å². The Morgan fingerprint density at radius 3 is 2.68 bits per heavy atom. The van der Waals surface area contributed by atoms with Gasteiger partial charge in [0.2, 0.25) is 11.8 Å². The van der Waals surface area contributed by atoms with E-state index in [0.717, 1.165) is 35.8 Å². The van der Waals surface area contributed by atoms with Gasteiger partial charge in [-0.2, -0.15) is 0 Å². The first-order chi connectivity index (χ1) is 16.6. The van der Waals surface area contributed by atoms with Crippen molar-refractivity contribution in [2.45, 2.75) is 13.1 Å². The molecule has 0 atom stereocenters. The van der Waals surface area contributed by atoms with Crippen LogP contribution in [0, 0.1) is 0 Å². The number of thiophene rings is 1. The molecular formula is C25H27ClN4O3S. The maximum atomic E-state index is 12.4. The number of nitrogens with one attached hydrogen (secondary N) is 1. The second-order valence-electron chi connectivity index (χ2n) is 8.06. The smallest absolute Gasteiger partial charge is 0.248 e. The summed E-state index contributed by atoms with van der Waals surface area (Å²) in [5.41, 5.74) is 2.04. The zero-order valence-electron chi connectivity index (χ0n) is 18.8. The van der Waals surface area contributed by atoms with Gasteiger partial charge in [-0.25, -0.2) is 0 Å². The Bertz CT molecular complexity index is 1100. The zero-order chi connectivity index (χ0) is 23.8. The third-order valence-electron chi connectivity index (χ3n) is 5.55. The molecule has 2 amide bonds. The molecule has 1 N–H and O–H groups in total. The summed E-state index contributed by atoms with van der Waals surface area (Å²) in [5.74, 6) is -0.339. The van der Waals surface area contributed by atoms with E-state index in [-0.39, 0.29) is 25.0 Å². The van der Waals surface area contributed by atoms with Gasteiger partial charge in [-0.15, -0.1) is 11.3 Å². The summed E-state index contributed by atoms with van der Waals surface area (Å²) < 4.78 is 5.33. The Balaban J connectivity index is 1.14. The van der Waals surface area contributed by atoms with Crippen LogP contribution in [-0.4, -0.2) is 66.0 Å². The number of benzene rings is 1.